The molecule has 0 amide bonds. The van der Waals surface area contributed by atoms with E-state index in [9.17, 15) is 4.79 Å². The zero-order chi connectivity index (χ0) is 14.2. The Balaban J connectivity index is 2.59. The second-order valence-corrected chi connectivity index (χ2v) is 4.87. The number of rotatable bonds is 2. The second-order valence-electron chi connectivity index (χ2n) is 4.01. The Hall–Kier alpha value is -1.89. The number of aromatic nitrogens is 3. The largest absolute Gasteiger partial charge is 0.464 e. The van der Waals surface area contributed by atoms with Gasteiger partial charge in [-0.2, -0.15) is 0 Å². The summed E-state index contributed by atoms with van der Waals surface area (Å²) in [4.78, 5) is 19.9. The molecule has 0 saturated heterocycles. The van der Waals surface area contributed by atoms with Crippen LogP contribution >= 0.6 is 15.9 Å². The summed E-state index contributed by atoms with van der Waals surface area (Å²) in [6.45, 7) is 3.70. The van der Waals surface area contributed by atoms with Crippen LogP contribution in [0.3, 0.4) is 0 Å². The summed E-state index contributed by atoms with van der Waals surface area (Å²) in [5.74, 6) is 0.845. The number of carbonyl (C=O) groups excluding carboxylic acids is 1. The van der Waals surface area contributed by atoms with Crippen LogP contribution < -0.4 is 5.73 Å². The second kappa shape index (κ2) is 5.00. The Morgan fingerprint density at radius 1 is 1.47 bits per heavy atom. The molecule has 2 heterocycles. The fourth-order valence-electron chi connectivity index (χ4n) is 1.73. The van der Waals surface area contributed by atoms with Gasteiger partial charge in [0.1, 0.15) is 17.5 Å². The topological polar surface area (TPSA) is 83.0 Å². The van der Waals surface area contributed by atoms with Crippen molar-refractivity contribution < 1.29 is 9.53 Å². The van der Waals surface area contributed by atoms with Gasteiger partial charge in [0.05, 0.1) is 7.11 Å². The van der Waals surface area contributed by atoms with Gasteiger partial charge in [0.25, 0.3) is 0 Å². The van der Waals surface area contributed by atoms with Gasteiger partial charge in [-0.15, -0.1) is 0 Å². The number of nitrogen functional groups attached to an aromatic ring is 1. The average molecular weight is 325 g/mol. The van der Waals surface area contributed by atoms with Crippen LogP contribution in [0.15, 0.2) is 16.7 Å². The van der Waals surface area contributed by atoms with Crippen LogP contribution in [0.5, 0.6) is 0 Å². The molecule has 0 fully saturated rings. The Kier molecular flexibility index (Phi) is 3.57. The molecule has 2 aromatic rings. The first-order valence-corrected chi connectivity index (χ1v) is 6.30. The number of carbonyl (C=O) groups is 1. The number of anilines is 1. The van der Waals surface area contributed by atoms with Crippen molar-refractivity contribution in [1.82, 2.24) is 14.5 Å². The lowest BCUT2D eigenvalue weighted by molar-refractivity contribution is 0.0596. The number of imidazole rings is 1. The third-order valence-electron chi connectivity index (χ3n) is 2.72. The molecule has 100 valence electrons. The van der Waals surface area contributed by atoms with E-state index in [2.05, 4.69) is 30.6 Å². The maximum absolute atomic E-state index is 11.5. The number of esters is 1. The highest BCUT2D eigenvalue weighted by molar-refractivity contribution is 9.10. The Bertz CT molecular complexity index is 651. The van der Waals surface area contributed by atoms with Crippen LogP contribution in [-0.2, 0) is 4.74 Å². The summed E-state index contributed by atoms with van der Waals surface area (Å²) < 4.78 is 7.16. The lowest BCUT2D eigenvalue weighted by atomic mass is 10.3. The first kappa shape index (κ1) is 13.5. The van der Waals surface area contributed by atoms with Gasteiger partial charge < -0.3 is 10.5 Å². The van der Waals surface area contributed by atoms with Crippen molar-refractivity contribution in [3.05, 3.63) is 33.8 Å². The van der Waals surface area contributed by atoms with Crippen LogP contribution in [0, 0.1) is 13.8 Å². The molecular weight excluding hydrogens is 312 g/mol. The minimum atomic E-state index is -0.562. The molecule has 0 atom stereocenters. The summed E-state index contributed by atoms with van der Waals surface area (Å²) in [5, 5.41) is 0. The smallest absolute Gasteiger partial charge is 0.360 e. The number of nitrogens with zero attached hydrogens (tertiary/aromatic N) is 3. The predicted molar refractivity (Wildman–Crippen MR) is 74.3 cm³/mol. The highest BCUT2D eigenvalue weighted by Gasteiger charge is 2.20. The molecule has 7 heteroatoms. The molecule has 6 nitrogen and oxygen atoms in total. The minimum absolute atomic E-state index is 0.0994. The Labute approximate surface area is 118 Å². The number of nitrogens with two attached hydrogens (primary N) is 1. The van der Waals surface area contributed by atoms with Crippen LogP contribution in [0.4, 0.5) is 5.82 Å². The fraction of sp³-hybridized carbons (Fsp3) is 0.250. The van der Waals surface area contributed by atoms with Gasteiger partial charge in [0, 0.05) is 10.7 Å². The molecule has 0 saturated carbocycles. The number of methoxy groups -OCH3 is 1. The van der Waals surface area contributed by atoms with Crippen molar-refractivity contribution in [1.29, 1.82) is 0 Å². The minimum Gasteiger partial charge on any atom is -0.464 e. The van der Waals surface area contributed by atoms with Crippen molar-refractivity contribution in [3.8, 4) is 5.82 Å². The molecule has 2 N–H and O–H groups in total. The predicted octanol–water partition coefficient (Wildman–Crippen LogP) is 2.02. The van der Waals surface area contributed by atoms with Gasteiger partial charge in [-0.05, 0) is 41.4 Å². The molecule has 0 unspecified atom stereocenters. The molecular formula is C12H13BrN4O2. The quantitative estimate of drug-likeness (QED) is 0.854. The normalized spacial score (nSPS) is 10.5. The maximum Gasteiger partial charge on any atom is 0.360 e. The molecule has 0 aliphatic heterocycles. The van der Waals surface area contributed by atoms with E-state index in [1.54, 1.807) is 17.7 Å². The van der Waals surface area contributed by atoms with Crippen molar-refractivity contribution in [2.75, 3.05) is 12.8 Å². The lowest BCUT2D eigenvalue weighted by Gasteiger charge is -2.08. The first-order valence-electron chi connectivity index (χ1n) is 5.51. The summed E-state index contributed by atoms with van der Waals surface area (Å²) in [7, 11) is 1.29. The van der Waals surface area contributed by atoms with Crippen LogP contribution in [0.25, 0.3) is 5.82 Å². The van der Waals surface area contributed by atoms with E-state index < -0.39 is 5.97 Å². The van der Waals surface area contributed by atoms with Crippen LogP contribution in [0.1, 0.15) is 21.9 Å². The van der Waals surface area contributed by atoms with Crippen LogP contribution in [0.2, 0.25) is 0 Å². The van der Waals surface area contributed by atoms with Gasteiger partial charge >= 0.3 is 5.97 Å². The van der Waals surface area contributed by atoms with Crippen molar-refractivity contribution in [2.24, 2.45) is 0 Å². The van der Waals surface area contributed by atoms with E-state index in [1.807, 2.05) is 13.0 Å². The number of ether oxygens (including phenoxy) is 1. The van der Waals surface area contributed by atoms with E-state index >= 15 is 0 Å². The third kappa shape index (κ3) is 2.33. The third-order valence-corrected chi connectivity index (χ3v) is 3.55. The highest BCUT2D eigenvalue weighted by Crippen LogP contribution is 2.23. The number of aryl methyl sites for hydroxylation is 2. The van der Waals surface area contributed by atoms with E-state index in [0.29, 0.717) is 11.6 Å². The van der Waals surface area contributed by atoms with Gasteiger partial charge in [0.15, 0.2) is 5.69 Å². The van der Waals surface area contributed by atoms with E-state index in [4.69, 9.17) is 5.73 Å². The molecule has 0 aliphatic rings. The zero-order valence-corrected chi connectivity index (χ0v) is 12.4. The summed E-state index contributed by atoms with van der Waals surface area (Å²) >= 11 is 3.39. The average Bonchev–Trinajstić information content (AvgIpc) is 2.68. The molecule has 0 aliphatic carbocycles. The zero-order valence-electron chi connectivity index (χ0n) is 10.8. The van der Waals surface area contributed by atoms with E-state index in [1.165, 1.54) is 7.11 Å². The standard InChI is InChI=1S/C12H13BrN4O2/c1-6-4-9(15-5-8(6)13)17-7(2)16-10(11(17)14)12(18)19-3/h4-5H,14H2,1-3H3. The van der Waals surface area contributed by atoms with Crippen molar-refractivity contribution in [3.63, 3.8) is 0 Å². The number of halogens is 1. The fourth-order valence-corrected chi connectivity index (χ4v) is 1.95. The SMILES string of the molecule is COC(=O)c1nc(C)n(-c2cc(C)c(Br)cn2)c1N. The van der Waals surface area contributed by atoms with E-state index in [0.717, 1.165) is 10.0 Å². The molecule has 0 aromatic carbocycles. The molecule has 2 rings (SSSR count). The number of hydrogen-bond donors (Lipinski definition) is 1. The first-order chi connectivity index (χ1) is 8.95. The van der Waals surface area contributed by atoms with Crippen molar-refractivity contribution in [2.45, 2.75) is 13.8 Å². The number of hydrogen-bond acceptors (Lipinski definition) is 5. The molecule has 0 radical (unpaired) electrons. The summed E-state index contributed by atoms with van der Waals surface area (Å²) in [6.07, 6.45) is 1.68. The van der Waals surface area contributed by atoms with Gasteiger partial charge in [0.2, 0.25) is 0 Å². The van der Waals surface area contributed by atoms with Gasteiger partial charge in [-0.25, -0.2) is 14.8 Å². The molecule has 19 heavy (non-hydrogen) atoms. The highest BCUT2D eigenvalue weighted by atomic mass is 79.9. The maximum atomic E-state index is 11.5. The molecule has 2 aromatic heterocycles. The van der Waals surface area contributed by atoms with Gasteiger partial charge in [-0.3, -0.25) is 4.57 Å². The van der Waals surface area contributed by atoms with E-state index in [-0.39, 0.29) is 11.5 Å². The summed E-state index contributed by atoms with van der Waals surface area (Å²) in [5.41, 5.74) is 7.06. The van der Waals surface area contributed by atoms with Crippen LogP contribution in [-0.4, -0.2) is 27.6 Å². The number of pyridine rings is 1. The van der Waals surface area contributed by atoms with Gasteiger partial charge in [-0.1, -0.05) is 0 Å². The molecule has 0 bridgehead atoms. The lowest BCUT2D eigenvalue weighted by Crippen LogP contribution is -2.08. The molecule has 0 spiro atoms. The monoisotopic (exact) mass is 324 g/mol. The Morgan fingerprint density at radius 3 is 2.74 bits per heavy atom. The summed E-state index contributed by atoms with van der Waals surface area (Å²) in [6, 6.07) is 1.86. The van der Waals surface area contributed by atoms with Crippen molar-refractivity contribution >= 4 is 27.7 Å². The Morgan fingerprint density at radius 2 is 2.16 bits per heavy atom.